The van der Waals surface area contributed by atoms with Crippen LogP contribution in [0.15, 0.2) is 72.8 Å². The van der Waals surface area contributed by atoms with E-state index >= 15 is 0 Å². The first kappa shape index (κ1) is 20.5. The Bertz CT molecular complexity index is 1090. The molecular weight excluding hydrogens is 416 g/mol. The zero-order valence-electron chi connectivity index (χ0n) is 16.6. The van der Waals surface area contributed by atoms with Crippen LogP contribution in [0.1, 0.15) is 13.8 Å². The minimum absolute atomic E-state index is 0.538. The number of hydroxylamine groups is 2. The Morgan fingerprint density at radius 1 is 1.07 bits per heavy atom. The summed E-state index contributed by atoms with van der Waals surface area (Å²) in [6, 6.07) is 22.3. The lowest BCUT2D eigenvalue weighted by atomic mass is 10.1. The maximum absolute atomic E-state index is 13.0. The first-order valence-corrected chi connectivity index (χ1v) is 10.7. The van der Waals surface area contributed by atoms with E-state index in [9.17, 15) is 10.0 Å². The molecule has 1 aliphatic heterocycles. The van der Waals surface area contributed by atoms with Crippen molar-refractivity contribution in [2.75, 3.05) is 10.7 Å². The number of nitrogens with one attached hydrogen (secondary N) is 2. The van der Waals surface area contributed by atoms with E-state index in [0.717, 1.165) is 16.5 Å². The van der Waals surface area contributed by atoms with E-state index in [0.29, 0.717) is 15.1 Å². The van der Waals surface area contributed by atoms with Crippen molar-refractivity contribution in [3.63, 3.8) is 0 Å². The number of para-hydroxylation sites is 1. The average molecular weight is 439 g/mol. The van der Waals surface area contributed by atoms with Crippen molar-refractivity contribution < 1.29 is 10.0 Å². The van der Waals surface area contributed by atoms with Gasteiger partial charge >= 0.3 is 6.03 Å². The Morgan fingerprint density at radius 2 is 1.73 bits per heavy atom. The van der Waals surface area contributed by atoms with Crippen LogP contribution in [0.2, 0.25) is 0 Å². The topological polar surface area (TPSA) is 67.8 Å². The van der Waals surface area contributed by atoms with Crippen LogP contribution in [-0.4, -0.2) is 36.5 Å². The molecule has 0 aromatic heterocycles. The molecule has 0 saturated carbocycles. The van der Waals surface area contributed by atoms with E-state index in [4.69, 9.17) is 12.2 Å². The molecule has 154 valence electrons. The molecule has 30 heavy (non-hydrogen) atoms. The molecule has 3 aromatic rings. The van der Waals surface area contributed by atoms with Gasteiger partial charge in [0.15, 0.2) is 10.5 Å². The highest BCUT2D eigenvalue weighted by Crippen LogP contribution is 2.42. The molecule has 3 N–H and O–H groups in total. The van der Waals surface area contributed by atoms with Crippen LogP contribution < -0.4 is 10.7 Å². The fraction of sp³-hybridized carbons (Fsp3) is 0.182. The van der Waals surface area contributed by atoms with Crippen LogP contribution in [0, 0.1) is 0 Å². The summed E-state index contributed by atoms with van der Waals surface area (Å²) in [5.74, 6) is 0. The Hall–Kier alpha value is -2.81. The predicted molar refractivity (Wildman–Crippen MR) is 127 cm³/mol. The van der Waals surface area contributed by atoms with Gasteiger partial charge < -0.3 is 5.32 Å². The van der Waals surface area contributed by atoms with Crippen LogP contribution in [0.4, 0.5) is 16.2 Å². The van der Waals surface area contributed by atoms with Gasteiger partial charge in [-0.25, -0.2) is 9.80 Å². The fourth-order valence-electron chi connectivity index (χ4n) is 3.52. The molecule has 1 atom stereocenters. The molecule has 2 amide bonds. The summed E-state index contributed by atoms with van der Waals surface area (Å²) in [6.45, 7) is 3.88. The van der Waals surface area contributed by atoms with E-state index < -0.39 is 16.9 Å². The third-order valence-electron chi connectivity index (χ3n) is 4.91. The van der Waals surface area contributed by atoms with Gasteiger partial charge in [0.25, 0.3) is 0 Å². The lowest BCUT2D eigenvalue weighted by molar-refractivity contribution is -0.110. The number of rotatable bonds is 4. The van der Waals surface area contributed by atoms with Crippen LogP contribution >= 0.6 is 24.0 Å². The highest BCUT2D eigenvalue weighted by Gasteiger charge is 2.50. The van der Waals surface area contributed by atoms with Crippen molar-refractivity contribution in [2.45, 2.75) is 24.8 Å². The lowest BCUT2D eigenvalue weighted by Gasteiger charge is -2.37. The SMILES string of the molecule is CC1(C)SC(=S)N(Nc2ccccc2)[C@H]1N(O)C(=O)Nc1cccc2ccccc12. The summed E-state index contributed by atoms with van der Waals surface area (Å²) in [4.78, 5) is 13.0. The zero-order chi connectivity index (χ0) is 21.3. The number of benzene rings is 3. The van der Waals surface area contributed by atoms with Crippen molar-refractivity contribution >= 4 is 56.5 Å². The number of hydrogen-bond donors (Lipinski definition) is 3. The van der Waals surface area contributed by atoms with Crippen LogP contribution in [0.25, 0.3) is 10.8 Å². The normalized spacial score (nSPS) is 17.8. The molecule has 1 saturated heterocycles. The summed E-state index contributed by atoms with van der Waals surface area (Å²) >= 11 is 6.95. The molecule has 1 aliphatic rings. The maximum atomic E-state index is 13.0. The fourth-order valence-corrected chi connectivity index (χ4v) is 5.31. The molecule has 3 aromatic carbocycles. The number of hydrogen-bond acceptors (Lipinski definition) is 5. The number of amides is 2. The number of urea groups is 1. The number of anilines is 2. The number of thioether (sulfide) groups is 1. The number of hydrazine groups is 1. The van der Waals surface area contributed by atoms with Gasteiger partial charge in [-0.2, -0.15) is 5.06 Å². The Balaban J connectivity index is 1.59. The quantitative estimate of drug-likeness (QED) is 0.283. The van der Waals surface area contributed by atoms with E-state index in [-0.39, 0.29) is 0 Å². The lowest BCUT2D eigenvalue weighted by Crippen LogP contribution is -2.57. The molecule has 0 aliphatic carbocycles. The van der Waals surface area contributed by atoms with Crippen molar-refractivity contribution in [3.8, 4) is 0 Å². The Morgan fingerprint density at radius 3 is 2.50 bits per heavy atom. The average Bonchev–Trinajstić information content (AvgIpc) is 2.96. The highest BCUT2D eigenvalue weighted by atomic mass is 32.2. The summed E-state index contributed by atoms with van der Waals surface area (Å²) in [5, 5.41) is 18.0. The Kier molecular flexibility index (Phi) is 5.55. The molecule has 1 fully saturated rings. The second-order valence-electron chi connectivity index (χ2n) is 7.49. The smallest absolute Gasteiger partial charge is 0.305 e. The van der Waals surface area contributed by atoms with Crippen molar-refractivity contribution in [2.24, 2.45) is 0 Å². The Labute approximate surface area is 184 Å². The molecule has 8 heteroatoms. The van der Waals surface area contributed by atoms with Gasteiger partial charge in [0.05, 0.1) is 16.1 Å². The van der Waals surface area contributed by atoms with Crippen LogP contribution in [-0.2, 0) is 0 Å². The molecular formula is C22H22N4O2S2. The van der Waals surface area contributed by atoms with Crippen molar-refractivity contribution in [3.05, 3.63) is 72.8 Å². The standard InChI is InChI=1S/C22H22N4O2S2/c1-22(2)19(25(21(29)30-22)24-16-11-4-3-5-12-16)26(28)20(27)23-18-14-8-10-15-9-6-7-13-17(15)18/h3-14,19,24,28H,1-2H3,(H,23,27)/t19-/m0/s1. The van der Waals surface area contributed by atoms with E-state index in [1.165, 1.54) is 11.8 Å². The van der Waals surface area contributed by atoms with E-state index in [2.05, 4.69) is 10.7 Å². The minimum Gasteiger partial charge on any atom is -0.305 e. The first-order chi connectivity index (χ1) is 14.4. The molecule has 4 rings (SSSR count). The van der Waals surface area contributed by atoms with Gasteiger partial charge in [-0.1, -0.05) is 78.6 Å². The summed E-state index contributed by atoms with van der Waals surface area (Å²) < 4.78 is 0.00911. The van der Waals surface area contributed by atoms with Gasteiger partial charge in [0.2, 0.25) is 0 Å². The van der Waals surface area contributed by atoms with Crippen molar-refractivity contribution in [1.82, 2.24) is 10.1 Å². The first-order valence-electron chi connectivity index (χ1n) is 9.47. The molecule has 0 radical (unpaired) electrons. The van der Waals surface area contributed by atoms with Gasteiger partial charge in [0, 0.05) is 5.39 Å². The number of carbonyl (C=O) groups excluding carboxylic acids is 1. The maximum Gasteiger partial charge on any atom is 0.347 e. The van der Waals surface area contributed by atoms with E-state index in [1.54, 1.807) is 5.01 Å². The monoisotopic (exact) mass is 438 g/mol. The number of carbonyl (C=O) groups is 1. The molecule has 0 unspecified atom stereocenters. The van der Waals surface area contributed by atoms with Gasteiger partial charge in [0.1, 0.15) is 0 Å². The van der Waals surface area contributed by atoms with Gasteiger partial charge in [-0.15, -0.1) is 0 Å². The number of fused-ring (bicyclic) bond motifs is 1. The highest BCUT2D eigenvalue weighted by molar-refractivity contribution is 8.24. The van der Waals surface area contributed by atoms with Gasteiger partial charge in [-0.3, -0.25) is 10.6 Å². The van der Waals surface area contributed by atoms with Crippen LogP contribution in [0.3, 0.4) is 0 Å². The molecule has 1 heterocycles. The summed E-state index contributed by atoms with van der Waals surface area (Å²) in [6.07, 6.45) is -0.717. The van der Waals surface area contributed by atoms with Crippen LogP contribution in [0.5, 0.6) is 0 Å². The predicted octanol–water partition coefficient (Wildman–Crippen LogP) is 5.53. The molecule has 6 nitrogen and oxygen atoms in total. The molecule has 0 bridgehead atoms. The number of thiocarbonyl (C=S) groups is 1. The van der Waals surface area contributed by atoms with Gasteiger partial charge in [-0.05, 0) is 37.4 Å². The van der Waals surface area contributed by atoms with E-state index in [1.807, 2.05) is 86.6 Å². The third-order valence-corrected chi connectivity index (χ3v) is 6.46. The summed E-state index contributed by atoms with van der Waals surface area (Å²) in [5.41, 5.74) is 4.66. The third kappa shape index (κ3) is 3.94. The zero-order valence-corrected chi connectivity index (χ0v) is 18.2. The second-order valence-corrected chi connectivity index (χ2v) is 9.78. The largest absolute Gasteiger partial charge is 0.347 e. The second kappa shape index (κ2) is 8.14. The molecule has 0 spiro atoms. The minimum atomic E-state index is -0.717. The van der Waals surface area contributed by atoms with Crippen molar-refractivity contribution in [1.29, 1.82) is 0 Å². The summed E-state index contributed by atoms with van der Waals surface area (Å²) in [7, 11) is 0. The number of nitrogens with zero attached hydrogens (tertiary/aromatic N) is 2.